The molecule has 32 heavy (non-hydrogen) atoms. The van der Waals surface area contributed by atoms with Crippen LogP contribution in [0.25, 0.3) is 0 Å². The molecule has 178 valence electrons. The molecule has 4 aliphatic rings. The first-order valence-electron chi connectivity index (χ1n) is 11.3. The second-order valence-corrected chi connectivity index (χ2v) is 11.2. The summed E-state index contributed by atoms with van der Waals surface area (Å²) in [5, 5.41) is 34.2. The summed E-state index contributed by atoms with van der Waals surface area (Å²) in [6, 6.07) is 0. The minimum Gasteiger partial charge on any atom is -0.462 e. The number of Topliss-reactive ketones (excluding diaryl/α,β-unsaturated/α-hetero) is 1. The highest BCUT2D eigenvalue weighted by atomic mass is 16.6. The Bertz CT molecular complexity index is 894. The van der Waals surface area contributed by atoms with Crippen LogP contribution in [-0.4, -0.2) is 63.1 Å². The van der Waals surface area contributed by atoms with E-state index in [2.05, 4.69) is 20.4 Å². The number of aliphatic hydroxyl groups is 3. The molecular formula is C24H34O8. The molecular weight excluding hydrogens is 416 g/mol. The Morgan fingerprint density at radius 2 is 1.69 bits per heavy atom. The average molecular weight is 451 g/mol. The van der Waals surface area contributed by atoms with Gasteiger partial charge in [0.2, 0.25) is 0 Å². The molecule has 0 aromatic carbocycles. The number of esters is 2. The zero-order valence-electron chi connectivity index (χ0n) is 19.4. The van der Waals surface area contributed by atoms with Crippen molar-refractivity contribution in [3.8, 4) is 0 Å². The van der Waals surface area contributed by atoms with Gasteiger partial charge in [-0.05, 0) is 30.6 Å². The molecule has 9 atom stereocenters. The molecule has 4 saturated carbocycles. The van der Waals surface area contributed by atoms with Gasteiger partial charge in [0.25, 0.3) is 0 Å². The van der Waals surface area contributed by atoms with Crippen LogP contribution in [0.2, 0.25) is 0 Å². The molecule has 4 fully saturated rings. The van der Waals surface area contributed by atoms with E-state index in [-0.39, 0.29) is 29.7 Å². The topological polar surface area (TPSA) is 130 Å². The van der Waals surface area contributed by atoms with Gasteiger partial charge in [-0.25, -0.2) is 0 Å². The van der Waals surface area contributed by atoms with Crippen LogP contribution in [0.4, 0.5) is 0 Å². The lowest BCUT2D eigenvalue weighted by Crippen LogP contribution is -2.75. The van der Waals surface area contributed by atoms with Crippen molar-refractivity contribution in [2.75, 3.05) is 0 Å². The standard InChI is InChI=1S/C24H34O8/c1-11-19(28)24-16(27)9-15-21(4,5)8-7-17(32-13(3)26)22(15,6)18(24)14(31-12(2)25)10-23(11,30)20(24)29/h14-18,20,27,29-30H,1,7-10H2,2-6H3/t14?,15-,16?,17-,18?,20?,22+,23-,24?/m1/s1. The predicted molar refractivity (Wildman–Crippen MR) is 112 cm³/mol. The monoisotopic (exact) mass is 450 g/mol. The lowest BCUT2D eigenvalue weighted by molar-refractivity contribution is -0.294. The van der Waals surface area contributed by atoms with E-state index in [1.165, 1.54) is 13.8 Å². The third kappa shape index (κ3) is 2.63. The highest BCUT2D eigenvalue weighted by Crippen LogP contribution is 2.72. The zero-order valence-corrected chi connectivity index (χ0v) is 19.4. The van der Waals surface area contributed by atoms with Gasteiger partial charge in [0.1, 0.15) is 23.9 Å². The Hall–Kier alpha value is -1.77. The Kier molecular flexibility index (Phi) is 5.02. The maximum Gasteiger partial charge on any atom is 0.302 e. The normalized spacial score (nSPS) is 49.1. The first-order chi connectivity index (χ1) is 14.6. The summed E-state index contributed by atoms with van der Waals surface area (Å²) in [6.07, 6.45) is -3.24. The highest BCUT2D eigenvalue weighted by molar-refractivity contribution is 6.06. The van der Waals surface area contributed by atoms with Gasteiger partial charge in [-0.1, -0.05) is 27.4 Å². The number of ether oxygens (including phenoxy) is 2. The number of fused-ring (bicyclic) bond motifs is 3. The minimum atomic E-state index is -2.00. The lowest BCUT2D eigenvalue weighted by atomic mass is 9.38. The molecule has 1 spiro atoms. The molecule has 5 unspecified atom stereocenters. The van der Waals surface area contributed by atoms with Gasteiger partial charge >= 0.3 is 11.9 Å². The van der Waals surface area contributed by atoms with Crippen LogP contribution in [0, 0.1) is 28.1 Å². The number of rotatable bonds is 2. The van der Waals surface area contributed by atoms with E-state index in [0.717, 1.165) is 6.42 Å². The molecule has 4 rings (SSSR count). The Labute approximate surface area is 188 Å². The first kappa shape index (κ1) is 23.4. The molecule has 0 radical (unpaired) electrons. The zero-order chi connectivity index (χ0) is 24.0. The van der Waals surface area contributed by atoms with E-state index in [4.69, 9.17) is 9.47 Å². The molecule has 0 aliphatic heterocycles. The van der Waals surface area contributed by atoms with E-state index in [9.17, 15) is 29.7 Å². The fourth-order valence-corrected chi connectivity index (χ4v) is 8.05. The minimum absolute atomic E-state index is 0.176. The summed E-state index contributed by atoms with van der Waals surface area (Å²) in [7, 11) is 0. The molecule has 2 bridgehead atoms. The SMILES string of the molecule is C=C1C(=O)C23C(O)C[C@@H]4C(C)(C)CC[C@@H](OC(C)=O)[C@@]4(C)C2C(OC(C)=O)C[C@]1(O)C3O. The van der Waals surface area contributed by atoms with Crippen LogP contribution >= 0.6 is 0 Å². The third-order valence-electron chi connectivity index (χ3n) is 9.24. The van der Waals surface area contributed by atoms with Crippen molar-refractivity contribution in [1.29, 1.82) is 0 Å². The van der Waals surface area contributed by atoms with Gasteiger partial charge < -0.3 is 24.8 Å². The molecule has 0 saturated heterocycles. The van der Waals surface area contributed by atoms with Crippen LogP contribution in [0.3, 0.4) is 0 Å². The van der Waals surface area contributed by atoms with Crippen LogP contribution in [-0.2, 0) is 23.9 Å². The van der Waals surface area contributed by atoms with Gasteiger partial charge in [0.15, 0.2) is 5.78 Å². The molecule has 0 aromatic heterocycles. The predicted octanol–water partition coefficient (Wildman–Crippen LogP) is 1.29. The average Bonchev–Trinajstić information content (AvgIpc) is 2.75. The van der Waals surface area contributed by atoms with E-state index in [1.807, 2.05) is 6.92 Å². The van der Waals surface area contributed by atoms with Gasteiger partial charge in [-0.15, -0.1) is 0 Å². The van der Waals surface area contributed by atoms with Crippen molar-refractivity contribution < 1.29 is 39.2 Å². The molecule has 8 nitrogen and oxygen atoms in total. The maximum absolute atomic E-state index is 13.7. The number of carbonyl (C=O) groups is 3. The van der Waals surface area contributed by atoms with Gasteiger partial charge in [0, 0.05) is 37.2 Å². The summed E-state index contributed by atoms with van der Waals surface area (Å²) in [5.41, 5.74) is -5.16. The fourth-order valence-electron chi connectivity index (χ4n) is 8.05. The Morgan fingerprint density at radius 3 is 2.25 bits per heavy atom. The van der Waals surface area contributed by atoms with Crippen LogP contribution in [0.5, 0.6) is 0 Å². The molecule has 3 N–H and O–H groups in total. The number of hydrogen-bond donors (Lipinski definition) is 3. The van der Waals surface area contributed by atoms with E-state index < -0.39 is 64.5 Å². The first-order valence-corrected chi connectivity index (χ1v) is 11.3. The summed E-state index contributed by atoms with van der Waals surface area (Å²) in [6.45, 7) is 12.4. The molecule has 0 heterocycles. The van der Waals surface area contributed by atoms with Gasteiger partial charge in [-0.2, -0.15) is 0 Å². The maximum atomic E-state index is 13.7. The second-order valence-electron chi connectivity index (χ2n) is 11.2. The molecule has 8 heteroatoms. The molecule has 4 aliphatic carbocycles. The van der Waals surface area contributed by atoms with Crippen molar-refractivity contribution in [3.05, 3.63) is 12.2 Å². The summed E-state index contributed by atoms with van der Waals surface area (Å²) < 4.78 is 11.5. The number of ketones is 1. The van der Waals surface area contributed by atoms with E-state index in [1.54, 1.807) is 0 Å². The van der Waals surface area contributed by atoms with E-state index >= 15 is 0 Å². The highest BCUT2D eigenvalue weighted by Gasteiger charge is 2.81. The fraction of sp³-hybridized carbons (Fsp3) is 0.792. The summed E-state index contributed by atoms with van der Waals surface area (Å²) >= 11 is 0. The van der Waals surface area contributed by atoms with Crippen LogP contribution < -0.4 is 0 Å². The smallest absolute Gasteiger partial charge is 0.302 e. The lowest BCUT2D eigenvalue weighted by Gasteiger charge is -2.67. The van der Waals surface area contributed by atoms with E-state index in [0.29, 0.717) is 6.42 Å². The third-order valence-corrected chi connectivity index (χ3v) is 9.24. The van der Waals surface area contributed by atoms with Crippen molar-refractivity contribution in [3.63, 3.8) is 0 Å². The summed E-state index contributed by atoms with van der Waals surface area (Å²) in [4.78, 5) is 37.8. The number of hydrogen-bond acceptors (Lipinski definition) is 8. The Morgan fingerprint density at radius 1 is 1.09 bits per heavy atom. The summed E-state index contributed by atoms with van der Waals surface area (Å²) in [5.74, 6) is -2.74. The molecule has 0 aromatic rings. The Balaban J connectivity index is 2.00. The van der Waals surface area contributed by atoms with Crippen molar-refractivity contribution >= 4 is 17.7 Å². The quantitative estimate of drug-likeness (QED) is 0.424. The van der Waals surface area contributed by atoms with Crippen molar-refractivity contribution in [2.24, 2.45) is 28.1 Å². The largest absolute Gasteiger partial charge is 0.462 e. The number of carbonyl (C=O) groups excluding carboxylic acids is 3. The number of aliphatic hydroxyl groups excluding tert-OH is 2. The van der Waals surface area contributed by atoms with Crippen LogP contribution in [0.15, 0.2) is 12.2 Å². The van der Waals surface area contributed by atoms with Crippen molar-refractivity contribution in [1.82, 2.24) is 0 Å². The van der Waals surface area contributed by atoms with Gasteiger partial charge in [0.05, 0.1) is 11.5 Å². The van der Waals surface area contributed by atoms with Crippen molar-refractivity contribution in [2.45, 2.75) is 90.3 Å². The van der Waals surface area contributed by atoms with Gasteiger partial charge in [-0.3, -0.25) is 14.4 Å². The molecule has 0 amide bonds. The van der Waals surface area contributed by atoms with Crippen LogP contribution in [0.1, 0.15) is 60.3 Å². The second kappa shape index (κ2) is 6.87.